The number of pyridine rings is 2. The van der Waals surface area contributed by atoms with Crippen LogP contribution in [0.15, 0.2) is 79.1 Å². The molecule has 0 bridgehead atoms. The highest BCUT2D eigenvalue weighted by molar-refractivity contribution is 5.98. The number of aromatic nitrogens is 2. The van der Waals surface area contributed by atoms with E-state index in [9.17, 15) is 18.0 Å². The SMILES string of the molecule is O=C(NC1(c2ccc(OC(F)(F)F)cc2)CCOc2cccnc21)c1cnc2ccccc2c1.O=CO. The number of amides is 1. The summed E-state index contributed by atoms with van der Waals surface area (Å²) in [6.07, 6.45) is -1.41. The molecule has 0 spiro atoms. The van der Waals surface area contributed by atoms with Crippen molar-refractivity contribution in [2.45, 2.75) is 18.3 Å². The lowest BCUT2D eigenvalue weighted by Gasteiger charge is -2.39. The number of halogens is 3. The van der Waals surface area contributed by atoms with E-state index in [1.54, 1.807) is 24.4 Å². The maximum Gasteiger partial charge on any atom is 0.573 e. The Morgan fingerprint density at radius 1 is 1.08 bits per heavy atom. The number of benzene rings is 2. The Morgan fingerprint density at radius 2 is 1.81 bits per heavy atom. The van der Waals surface area contributed by atoms with Crippen LogP contribution in [0.25, 0.3) is 10.9 Å². The molecule has 190 valence electrons. The molecule has 0 fully saturated rings. The molecule has 2 aromatic carbocycles. The maximum atomic E-state index is 13.4. The molecule has 4 aromatic rings. The van der Waals surface area contributed by atoms with E-state index in [1.165, 1.54) is 30.5 Å². The Bertz CT molecular complexity index is 1410. The fourth-order valence-electron chi connectivity index (χ4n) is 4.14. The van der Waals surface area contributed by atoms with Crippen LogP contribution < -0.4 is 14.8 Å². The highest BCUT2D eigenvalue weighted by atomic mass is 19.4. The fraction of sp³-hybridized carbons (Fsp3) is 0.154. The van der Waals surface area contributed by atoms with E-state index in [4.69, 9.17) is 14.6 Å². The molecule has 1 aliphatic rings. The fourth-order valence-corrected chi connectivity index (χ4v) is 4.14. The van der Waals surface area contributed by atoms with Crippen molar-refractivity contribution in [3.05, 3.63) is 95.9 Å². The van der Waals surface area contributed by atoms with Gasteiger partial charge in [0.15, 0.2) is 0 Å². The molecule has 2 N–H and O–H groups in total. The van der Waals surface area contributed by atoms with Gasteiger partial charge < -0.3 is 19.9 Å². The number of carbonyl (C=O) groups excluding carboxylic acids is 1. The average Bonchev–Trinajstić information content (AvgIpc) is 2.88. The number of carbonyl (C=O) groups is 2. The zero-order valence-corrected chi connectivity index (χ0v) is 19.1. The number of nitrogens with zero attached hydrogens (tertiary/aromatic N) is 2. The van der Waals surface area contributed by atoms with Crippen molar-refractivity contribution in [1.82, 2.24) is 15.3 Å². The highest BCUT2D eigenvalue weighted by Crippen LogP contribution is 2.41. The van der Waals surface area contributed by atoms with Crippen LogP contribution in [0.1, 0.15) is 28.0 Å². The maximum absolute atomic E-state index is 13.4. The van der Waals surface area contributed by atoms with Crippen molar-refractivity contribution in [3.63, 3.8) is 0 Å². The Hall–Kier alpha value is -4.67. The van der Waals surface area contributed by atoms with Gasteiger partial charge in [-0.15, -0.1) is 13.2 Å². The van der Waals surface area contributed by atoms with E-state index in [1.807, 2.05) is 24.3 Å². The van der Waals surface area contributed by atoms with Gasteiger partial charge in [0, 0.05) is 24.2 Å². The molecule has 8 nitrogen and oxygen atoms in total. The van der Waals surface area contributed by atoms with Crippen molar-refractivity contribution >= 4 is 23.3 Å². The average molecular weight is 511 g/mol. The molecule has 1 unspecified atom stereocenters. The van der Waals surface area contributed by atoms with Gasteiger partial charge in [-0.2, -0.15) is 0 Å². The number of alkyl halides is 3. The van der Waals surface area contributed by atoms with E-state index < -0.39 is 17.8 Å². The van der Waals surface area contributed by atoms with Crippen LogP contribution >= 0.6 is 0 Å². The van der Waals surface area contributed by atoms with E-state index in [0.29, 0.717) is 29.0 Å². The van der Waals surface area contributed by atoms with Gasteiger partial charge in [0.05, 0.1) is 17.7 Å². The van der Waals surface area contributed by atoms with E-state index in [-0.39, 0.29) is 18.8 Å². The van der Waals surface area contributed by atoms with Gasteiger partial charge in [-0.1, -0.05) is 30.3 Å². The standard InChI is InChI=1S/C25H18F3N3O3.CH2O2/c26-25(27,28)34-19-9-7-18(8-10-19)24(11-13-33-21-6-3-12-29-22(21)24)31-23(32)17-14-16-4-1-2-5-20(16)30-15-17;2-1-3/h1-10,12,14-15H,11,13H2,(H,31,32);1H,(H,2,3). The molecule has 1 aliphatic heterocycles. The van der Waals surface area contributed by atoms with E-state index >= 15 is 0 Å². The lowest BCUT2D eigenvalue weighted by atomic mass is 9.81. The van der Waals surface area contributed by atoms with Crippen LogP contribution in [0.2, 0.25) is 0 Å². The quantitative estimate of drug-likeness (QED) is 0.383. The largest absolute Gasteiger partial charge is 0.573 e. The lowest BCUT2D eigenvalue weighted by Crippen LogP contribution is -2.50. The topological polar surface area (TPSA) is 111 Å². The normalized spacial score (nSPS) is 16.4. The van der Waals surface area contributed by atoms with Crippen LogP contribution in [0.4, 0.5) is 13.2 Å². The molecule has 0 saturated carbocycles. The molecule has 3 heterocycles. The van der Waals surface area contributed by atoms with Crippen molar-refractivity contribution in [2.24, 2.45) is 0 Å². The summed E-state index contributed by atoms with van der Waals surface area (Å²) in [6, 6.07) is 18.0. The van der Waals surface area contributed by atoms with Crippen molar-refractivity contribution in [1.29, 1.82) is 0 Å². The minimum absolute atomic E-state index is 0.250. The summed E-state index contributed by atoms with van der Waals surface area (Å²) in [5, 5.41) is 10.8. The van der Waals surface area contributed by atoms with Gasteiger partial charge in [-0.05, 0) is 42.0 Å². The first-order valence-electron chi connectivity index (χ1n) is 11.0. The number of para-hydroxylation sites is 1. The lowest BCUT2D eigenvalue weighted by molar-refractivity contribution is -0.274. The third-order valence-electron chi connectivity index (χ3n) is 5.67. The second kappa shape index (κ2) is 10.5. The van der Waals surface area contributed by atoms with Gasteiger partial charge >= 0.3 is 6.36 Å². The first-order chi connectivity index (χ1) is 17.8. The highest BCUT2D eigenvalue weighted by Gasteiger charge is 2.43. The summed E-state index contributed by atoms with van der Waals surface area (Å²) < 4.78 is 47.6. The van der Waals surface area contributed by atoms with Crippen LogP contribution in [0.3, 0.4) is 0 Å². The molecule has 11 heteroatoms. The Kier molecular flexibility index (Phi) is 7.23. The molecule has 0 radical (unpaired) electrons. The predicted octanol–water partition coefficient (Wildman–Crippen LogP) is 4.69. The van der Waals surface area contributed by atoms with Gasteiger partial charge in [-0.3, -0.25) is 19.6 Å². The predicted molar refractivity (Wildman–Crippen MR) is 126 cm³/mol. The molecule has 5 rings (SSSR count). The summed E-state index contributed by atoms with van der Waals surface area (Å²) in [4.78, 5) is 30.6. The van der Waals surface area contributed by atoms with Crippen molar-refractivity contribution < 1.29 is 37.3 Å². The third-order valence-corrected chi connectivity index (χ3v) is 5.67. The van der Waals surface area contributed by atoms with E-state index in [2.05, 4.69) is 20.0 Å². The second-order valence-corrected chi connectivity index (χ2v) is 7.90. The molecular formula is C26H20F3N3O5. The molecule has 2 aromatic heterocycles. The van der Waals surface area contributed by atoms with Crippen LogP contribution in [-0.2, 0) is 10.3 Å². The zero-order valence-electron chi connectivity index (χ0n) is 19.1. The Balaban J connectivity index is 0.00000102. The van der Waals surface area contributed by atoms with Gasteiger partial charge in [0.1, 0.15) is 22.7 Å². The number of nitrogens with one attached hydrogen (secondary N) is 1. The minimum Gasteiger partial charge on any atom is -0.491 e. The van der Waals surface area contributed by atoms with E-state index in [0.717, 1.165) is 10.9 Å². The Labute approximate surface area is 208 Å². The smallest absolute Gasteiger partial charge is 0.491 e. The summed E-state index contributed by atoms with van der Waals surface area (Å²) in [6.45, 7) is 0.0236. The van der Waals surface area contributed by atoms with Gasteiger partial charge in [0.25, 0.3) is 12.4 Å². The van der Waals surface area contributed by atoms with Crippen LogP contribution in [-0.4, -0.2) is 40.4 Å². The molecular weight excluding hydrogens is 491 g/mol. The van der Waals surface area contributed by atoms with Crippen molar-refractivity contribution in [2.75, 3.05) is 6.61 Å². The second-order valence-electron chi connectivity index (χ2n) is 7.90. The molecule has 0 saturated heterocycles. The molecule has 1 atom stereocenters. The summed E-state index contributed by atoms with van der Waals surface area (Å²) in [7, 11) is 0. The number of fused-ring (bicyclic) bond motifs is 2. The first-order valence-corrected chi connectivity index (χ1v) is 11.0. The summed E-state index contributed by atoms with van der Waals surface area (Å²) >= 11 is 0. The minimum atomic E-state index is -4.80. The van der Waals surface area contributed by atoms with Gasteiger partial charge in [-0.25, -0.2) is 0 Å². The molecule has 0 aliphatic carbocycles. The zero-order chi connectivity index (χ0) is 26.5. The third kappa shape index (κ3) is 5.61. The number of carboxylic acid groups (broad SMARTS) is 1. The molecule has 37 heavy (non-hydrogen) atoms. The first kappa shape index (κ1) is 25.4. The van der Waals surface area contributed by atoms with Crippen molar-refractivity contribution in [3.8, 4) is 11.5 Å². The number of hydrogen-bond donors (Lipinski definition) is 2. The number of ether oxygens (including phenoxy) is 2. The summed E-state index contributed by atoms with van der Waals surface area (Å²) in [5.41, 5.74) is 0.986. The number of rotatable bonds is 4. The monoisotopic (exact) mass is 511 g/mol. The molecule has 1 amide bonds. The number of hydrogen-bond acceptors (Lipinski definition) is 6. The Morgan fingerprint density at radius 3 is 2.54 bits per heavy atom. The summed E-state index contributed by atoms with van der Waals surface area (Å²) in [5.74, 6) is -0.265. The van der Waals surface area contributed by atoms with Crippen LogP contribution in [0.5, 0.6) is 11.5 Å². The van der Waals surface area contributed by atoms with Crippen LogP contribution in [0, 0.1) is 0 Å². The van der Waals surface area contributed by atoms with Gasteiger partial charge in [0.2, 0.25) is 0 Å².